The van der Waals surface area contributed by atoms with Crippen LogP contribution in [0.5, 0.6) is 0 Å². The average Bonchev–Trinajstić information content (AvgIpc) is 2.76. The number of anilines is 1. The summed E-state index contributed by atoms with van der Waals surface area (Å²) in [5.74, 6) is -1.83. The van der Waals surface area contributed by atoms with Gasteiger partial charge in [0.15, 0.2) is 5.78 Å². The second-order valence-corrected chi connectivity index (χ2v) is 7.61. The van der Waals surface area contributed by atoms with E-state index in [2.05, 4.69) is 10.3 Å². The van der Waals surface area contributed by atoms with Crippen molar-refractivity contribution in [1.82, 2.24) is 14.9 Å². The number of nitrogens with zero attached hydrogens (tertiary/aromatic N) is 2. The Morgan fingerprint density at radius 1 is 1.12 bits per heavy atom. The van der Waals surface area contributed by atoms with E-state index in [1.165, 1.54) is 6.20 Å². The molecule has 1 aromatic heterocycles. The Morgan fingerprint density at radius 3 is 2.50 bits per heavy atom. The normalized spacial score (nSPS) is 11.6. The average molecular weight is 453 g/mol. The summed E-state index contributed by atoms with van der Waals surface area (Å²) in [6, 6.07) is 14.5. The zero-order valence-electron chi connectivity index (χ0n) is 17.2. The summed E-state index contributed by atoms with van der Waals surface area (Å²) in [5, 5.41) is 3.02. The first kappa shape index (κ1) is 22.9. The van der Waals surface area contributed by atoms with Crippen LogP contribution in [0.3, 0.4) is 0 Å². The van der Waals surface area contributed by atoms with E-state index in [9.17, 15) is 19.2 Å². The van der Waals surface area contributed by atoms with Gasteiger partial charge >= 0.3 is 0 Å². The third kappa shape index (κ3) is 5.47. The van der Waals surface area contributed by atoms with Crippen molar-refractivity contribution in [3.8, 4) is 11.4 Å². The van der Waals surface area contributed by atoms with Gasteiger partial charge in [0.2, 0.25) is 11.7 Å². The van der Waals surface area contributed by atoms with Gasteiger partial charge in [-0.1, -0.05) is 54.1 Å². The lowest BCUT2D eigenvalue weighted by atomic mass is 10.0. The fourth-order valence-electron chi connectivity index (χ4n) is 3.21. The van der Waals surface area contributed by atoms with Gasteiger partial charge in [-0.15, -0.1) is 0 Å². The number of Topliss-reactive ketones (excluding diaryl/α,β-unsaturated/α-hetero) is 2. The SMILES string of the molecule is CC(=O)C(=O)C(Cc1cccc(Cl)c1)NC(=O)Cn1c(-c2ccccc2)ncc(N)c1=O. The minimum atomic E-state index is -1.11. The summed E-state index contributed by atoms with van der Waals surface area (Å²) in [5.41, 5.74) is 6.30. The largest absolute Gasteiger partial charge is 0.393 e. The molecule has 164 valence electrons. The number of carbonyl (C=O) groups excluding carboxylic acids is 3. The Hall–Kier alpha value is -3.78. The smallest absolute Gasteiger partial charge is 0.277 e. The number of nitrogens with two attached hydrogens (primary N) is 1. The molecular formula is C23H21ClN4O4. The fraction of sp³-hybridized carbons (Fsp3) is 0.174. The Morgan fingerprint density at radius 2 is 1.84 bits per heavy atom. The molecule has 0 spiro atoms. The van der Waals surface area contributed by atoms with Gasteiger partial charge in [0.05, 0.1) is 12.2 Å². The number of hydrogen-bond acceptors (Lipinski definition) is 6. The highest BCUT2D eigenvalue weighted by Gasteiger charge is 2.25. The molecule has 9 heteroatoms. The second kappa shape index (κ2) is 10.0. The molecule has 1 amide bonds. The van der Waals surface area contributed by atoms with Gasteiger partial charge < -0.3 is 11.1 Å². The highest BCUT2D eigenvalue weighted by Crippen LogP contribution is 2.16. The van der Waals surface area contributed by atoms with E-state index in [-0.39, 0.29) is 17.9 Å². The molecule has 3 aromatic rings. The van der Waals surface area contributed by atoms with Gasteiger partial charge in [-0.2, -0.15) is 0 Å². The van der Waals surface area contributed by atoms with Gasteiger partial charge in [0, 0.05) is 23.9 Å². The number of rotatable bonds is 8. The molecule has 0 aliphatic rings. The van der Waals surface area contributed by atoms with Crippen LogP contribution in [0.25, 0.3) is 11.4 Å². The molecule has 0 radical (unpaired) electrons. The number of carbonyl (C=O) groups is 3. The predicted molar refractivity (Wildman–Crippen MR) is 121 cm³/mol. The van der Waals surface area contributed by atoms with Gasteiger partial charge in [-0.05, 0) is 17.7 Å². The standard InChI is InChI=1S/C23H21ClN4O4/c1-14(29)21(31)19(11-15-6-5-9-17(24)10-15)27-20(30)13-28-22(16-7-3-2-4-8-16)26-12-18(25)23(28)32/h2-10,12,19H,11,13,25H2,1H3,(H,27,30). The van der Waals surface area contributed by atoms with Crippen molar-refractivity contribution in [3.05, 3.63) is 81.7 Å². The second-order valence-electron chi connectivity index (χ2n) is 7.17. The molecule has 0 saturated carbocycles. The molecule has 1 unspecified atom stereocenters. The van der Waals surface area contributed by atoms with Crippen molar-refractivity contribution in [2.75, 3.05) is 5.73 Å². The van der Waals surface area contributed by atoms with E-state index in [4.69, 9.17) is 17.3 Å². The van der Waals surface area contributed by atoms with Gasteiger partial charge in [0.25, 0.3) is 5.56 Å². The Bertz CT molecular complexity index is 1220. The summed E-state index contributed by atoms with van der Waals surface area (Å²) < 4.78 is 1.13. The molecule has 0 fully saturated rings. The first-order valence-electron chi connectivity index (χ1n) is 9.75. The zero-order chi connectivity index (χ0) is 23.3. The van der Waals surface area contributed by atoms with Crippen LogP contribution in [0.4, 0.5) is 5.69 Å². The number of halogens is 1. The van der Waals surface area contributed by atoms with Crippen molar-refractivity contribution in [1.29, 1.82) is 0 Å². The third-order valence-electron chi connectivity index (χ3n) is 4.73. The summed E-state index contributed by atoms with van der Waals surface area (Å²) in [7, 11) is 0. The molecule has 3 rings (SSSR count). The van der Waals surface area contributed by atoms with Crippen LogP contribution < -0.4 is 16.6 Å². The van der Waals surface area contributed by atoms with Crippen LogP contribution in [0.15, 0.2) is 65.6 Å². The monoisotopic (exact) mass is 452 g/mol. The van der Waals surface area contributed by atoms with Gasteiger partial charge in [-0.25, -0.2) is 4.98 Å². The van der Waals surface area contributed by atoms with Crippen LogP contribution in [-0.4, -0.2) is 33.1 Å². The van der Waals surface area contributed by atoms with Gasteiger partial charge in [-0.3, -0.25) is 23.7 Å². The first-order chi connectivity index (χ1) is 15.3. The van der Waals surface area contributed by atoms with E-state index < -0.39 is 35.6 Å². The van der Waals surface area contributed by atoms with Crippen LogP contribution in [0.2, 0.25) is 5.02 Å². The number of benzene rings is 2. The molecule has 0 bridgehead atoms. The van der Waals surface area contributed by atoms with E-state index in [1.807, 2.05) is 6.07 Å². The minimum Gasteiger partial charge on any atom is -0.393 e. The summed E-state index contributed by atoms with van der Waals surface area (Å²) in [6.45, 7) is 0.706. The first-order valence-corrected chi connectivity index (χ1v) is 10.1. The molecule has 1 heterocycles. The molecule has 0 saturated heterocycles. The maximum atomic E-state index is 12.8. The highest BCUT2D eigenvalue weighted by atomic mass is 35.5. The van der Waals surface area contributed by atoms with Crippen LogP contribution in [-0.2, 0) is 27.3 Å². The van der Waals surface area contributed by atoms with E-state index in [0.29, 0.717) is 16.1 Å². The van der Waals surface area contributed by atoms with E-state index >= 15 is 0 Å². The van der Waals surface area contributed by atoms with Crippen LogP contribution in [0, 0.1) is 0 Å². The highest BCUT2D eigenvalue weighted by molar-refractivity contribution is 6.38. The maximum Gasteiger partial charge on any atom is 0.277 e. The molecule has 1 atom stereocenters. The fourth-order valence-corrected chi connectivity index (χ4v) is 3.42. The third-order valence-corrected chi connectivity index (χ3v) is 4.97. The summed E-state index contributed by atoms with van der Waals surface area (Å²) >= 11 is 6.00. The lowest BCUT2D eigenvalue weighted by molar-refractivity contribution is -0.137. The maximum absolute atomic E-state index is 12.8. The van der Waals surface area contributed by atoms with Gasteiger partial charge in [0.1, 0.15) is 18.1 Å². The molecular weight excluding hydrogens is 432 g/mol. The van der Waals surface area contributed by atoms with Crippen molar-refractivity contribution in [2.24, 2.45) is 0 Å². The lowest BCUT2D eigenvalue weighted by Crippen LogP contribution is -2.46. The van der Waals surface area contributed by atoms with E-state index in [0.717, 1.165) is 11.5 Å². The van der Waals surface area contributed by atoms with E-state index in [1.54, 1.807) is 48.5 Å². The zero-order valence-corrected chi connectivity index (χ0v) is 18.0. The van der Waals surface area contributed by atoms with Crippen LogP contribution in [0.1, 0.15) is 12.5 Å². The summed E-state index contributed by atoms with van der Waals surface area (Å²) in [6.07, 6.45) is 1.31. The molecule has 3 N–H and O–H groups in total. The lowest BCUT2D eigenvalue weighted by Gasteiger charge is -2.18. The molecule has 0 aliphatic heterocycles. The quantitative estimate of drug-likeness (QED) is 0.504. The van der Waals surface area contributed by atoms with Crippen molar-refractivity contribution < 1.29 is 14.4 Å². The Balaban J connectivity index is 1.88. The van der Waals surface area contributed by atoms with Crippen molar-refractivity contribution in [3.63, 3.8) is 0 Å². The number of ketones is 2. The molecule has 8 nitrogen and oxygen atoms in total. The minimum absolute atomic E-state index is 0.0698. The van der Waals surface area contributed by atoms with Crippen molar-refractivity contribution >= 4 is 34.8 Å². The number of aromatic nitrogens is 2. The number of nitrogen functional groups attached to an aromatic ring is 1. The number of amides is 1. The molecule has 0 aliphatic carbocycles. The topological polar surface area (TPSA) is 124 Å². The summed E-state index contributed by atoms with van der Waals surface area (Å²) in [4.78, 5) is 53.8. The Labute approximate surface area is 189 Å². The van der Waals surface area contributed by atoms with Crippen molar-refractivity contribution in [2.45, 2.75) is 25.9 Å². The Kier molecular flexibility index (Phi) is 7.17. The molecule has 32 heavy (non-hydrogen) atoms. The molecule has 2 aromatic carbocycles. The van der Waals surface area contributed by atoms with Crippen LogP contribution >= 0.6 is 11.6 Å². The number of hydrogen-bond donors (Lipinski definition) is 2. The number of nitrogens with one attached hydrogen (secondary N) is 1. The predicted octanol–water partition coefficient (Wildman–Crippen LogP) is 2.03.